The van der Waals surface area contributed by atoms with Gasteiger partial charge in [0.1, 0.15) is 0 Å². The first-order valence-electron chi connectivity index (χ1n) is 4.89. The lowest BCUT2D eigenvalue weighted by molar-refractivity contribution is 0.0810. The highest BCUT2D eigenvalue weighted by Gasteiger charge is 2.20. The quantitative estimate of drug-likeness (QED) is 0.620. The summed E-state index contributed by atoms with van der Waals surface area (Å²) in [6.07, 6.45) is 0. The highest BCUT2D eigenvalue weighted by atomic mass is 127. The Balaban J connectivity index is 2.97. The summed E-state index contributed by atoms with van der Waals surface area (Å²) in [6, 6.07) is 4.60. The Hall–Kier alpha value is -1.31. The maximum absolute atomic E-state index is 12.0. The molecule has 0 atom stereocenters. The minimum atomic E-state index is -0.369. The molecule has 0 saturated heterocycles. The number of anilines is 1. The van der Waals surface area contributed by atoms with Crippen LogP contribution in [0.3, 0.4) is 0 Å². The molecule has 0 aromatic heterocycles. The van der Waals surface area contributed by atoms with E-state index >= 15 is 0 Å². The van der Waals surface area contributed by atoms with E-state index < -0.39 is 0 Å². The molecule has 2 N–H and O–H groups in total. The number of hydrogen-bond acceptors (Lipinski definition) is 3. The molecule has 1 rings (SSSR count). The van der Waals surface area contributed by atoms with Gasteiger partial charge in [-0.15, -0.1) is 0 Å². The normalized spacial score (nSPS) is 9.88. The molecule has 92 valence electrons. The van der Waals surface area contributed by atoms with Crippen molar-refractivity contribution in [2.45, 2.75) is 0 Å². The number of carbonyl (C=O) groups is 2. The lowest BCUT2D eigenvalue weighted by Gasteiger charge is -2.20. The van der Waals surface area contributed by atoms with E-state index in [-0.39, 0.29) is 11.9 Å². The van der Waals surface area contributed by atoms with Crippen molar-refractivity contribution in [1.82, 2.24) is 9.80 Å². The Morgan fingerprint density at radius 3 is 2.29 bits per heavy atom. The van der Waals surface area contributed by atoms with E-state index in [0.717, 1.165) is 8.47 Å². The van der Waals surface area contributed by atoms with E-state index in [9.17, 15) is 9.59 Å². The lowest BCUT2D eigenvalue weighted by Crippen LogP contribution is -2.40. The molecule has 3 amide bonds. The average Bonchev–Trinajstić information content (AvgIpc) is 2.29. The molecule has 0 aliphatic heterocycles. The van der Waals surface area contributed by atoms with E-state index in [1.165, 1.54) is 11.9 Å². The molecule has 0 spiro atoms. The van der Waals surface area contributed by atoms with Crippen LogP contribution in [0.1, 0.15) is 10.4 Å². The van der Waals surface area contributed by atoms with Gasteiger partial charge in [-0.25, -0.2) is 4.79 Å². The van der Waals surface area contributed by atoms with Crippen LogP contribution >= 0.6 is 22.6 Å². The number of halogens is 1. The van der Waals surface area contributed by atoms with Crippen LogP contribution in [0.25, 0.3) is 0 Å². The fraction of sp³-hybridized carbons (Fsp3) is 0.273. The predicted octanol–water partition coefficient (Wildman–Crippen LogP) is 1.63. The van der Waals surface area contributed by atoms with Gasteiger partial charge >= 0.3 is 6.03 Å². The number of imide groups is 1. The standard InChI is InChI=1S/C11H14IN3O2/c1-14(2)11(17)15(3)10(16)7-4-5-8(12)9(13)6-7/h4-6H,13H2,1-3H3. The van der Waals surface area contributed by atoms with Crippen molar-refractivity contribution in [3.05, 3.63) is 27.3 Å². The minimum absolute atomic E-state index is 0.368. The lowest BCUT2D eigenvalue weighted by atomic mass is 10.2. The van der Waals surface area contributed by atoms with Gasteiger partial charge in [0.25, 0.3) is 5.91 Å². The van der Waals surface area contributed by atoms with Crippen molar-refractivity contribution in [3.8, 4) is 0 Å². The molecular weight excluding hydrogens is 333 g/mol. The van der Waals surface area contributed by atoms with E-state index in [1.54, 1.807) is 32.3 Å². The number of nitrogen functional groups attached to an aromatic ring is 1. The summed E-state index contributed by atoms with van der Waals surface area (Å²) in [6.45, 7) is 0. The molecular formula is C11H14IN3O2. The third kappa shape index (κ3) is 3.09. The number of benzene rings is 1. The van der Waals surface area contributed by atoms with Crippen molar-refractivity contribution < 1.29 is 9.59 Å². The first kappa shape index (κ1) is 13.8. The van der Waals surface area contributed by atoms with Crippen molar-refractivity contribution in [2.24, 2.45) is 0 Å². The number of rotatable bonds is 1. The molecule has 0 aliphatic carbocycles. The highest BCUT2D eigenvalue weighted by Crippen LogP contribution is 2.17. The van der Waals surface area contributed by atoms with Crippen molar-refractivity contribution in [2.75, 3.05) is 26.9 Å². The van der Waals surface area contributed by atoms with E-state index in [4.69, 9.17) is 5.73 Å². The zero-order chi connectivity index (χ0) is 13.2. The third-order valence-corrected chi connectivity index (χ3v) is 3.20. The fourth-order valence-electron chi connectivity index (χ4n) is 1.26. The summed E-state index contributed by atoms with van der Waals surface area (Å²) < 4.78 is 0.876. The molecule has 5 nitrogen and oxygen atoms in total. The Morgan fingerprint density at radius 1 is 1.24 bits per heavy atom. The summed E-state index contributed by atoms with van der Waals surface area (Å²) >= 11 is 2.08. The van der Waals surface area contributed by atoms with Crippen molar-refractivity contribution in [1.29, 1.82) is 0 Å². The molecule has 0 fully saturated rings. The second-order valence-corrected chi connectivity index (χ2v) is 4.94. The highest BCUT2D eigenvalue weighted by molar-refractivity contribution is 14.1. The van der Waals surface area contributed by atoms with Crippen LogP contribution in [0.5, 0.6) is 0 Å². The summed E-state index contributed by atoms with van der Waals surface area (Å²) in [7, 11) is 4.63. The average molecular weight is 347 g/mol. The molecule has 6 heteroatoms. The van der Waals surface area contributed by atoms with Gasteiger partial charge < -0.3 is 10.6 Å². The second-order valence-electron chi connectivity index (χ2n) is 3.78. The third-order valence-electron chi connectivity index (χ3n) is 2.22. The molecule has 0 bridgehead atoms. The Labute approximate surface area is 114 Å². The molecule has 0 radical (unpaired) electrons. The molecule has 1 aromatic carbocycles. The van der Waals surface area contributed by atoms with Gasteiger partial charge in [0, 0.05) is 36.0 Å². The Morgan fingerprint density at radius 2 is 1.82 bits per heavy atom. The molecule has 0 heterocycles. The van der Waals surface area contributed by atoms with Crippen LogP contribution in [0.15, 0.2) is 18.2 Å². The summed E-state index contributed by atoms with van der Waals surface area (Å²) in [5, 5.41) is 0. The van der Waals surface area contributed by atoms with Gasteiger partial charge in [-0.1, -0.05) is 0 Å². The summed E-state index contributed by atoms with van der Waals surface area (Å²) in [5.74, 6) is -0.369. The first-order chi connectivity index (χ1) is 7.84. The number of carbonyl (C=O) groups excluding carboxylic acids is 2. The SMILES string of the molecule is CN(C)C(=O)N(C)C(=O)c1ccc(I)c(N)c1. The maximum Gasteiger partial charge on any atom is 0.326 e. The van der Waals surface area contributed by atoms with Gasteiger partial charge in [0.15, 0.2) is 0 Å². The van der Waals surface area contributed by atoms with Crippen LogP contribution in [-0.4, -0.2) is 42.9 Å². The Bertz CT molecular complexity index is 460. The van der Waals surface area contributed by atoms with Crippen LogP contribution < -0.4 is 5.73 Å². The van der Waals surface area contributed by atoms with Crippen LogP contribution in [0, 0.1) is 3.57 Å². The molecule has 0 aliphatic rings. The maximum atomic E-state index is 12.0. The molecule has 0 saturated carbocycles. The second kappa shape index (κ2) is 5.35. The van der Waals surface area contributed by atoms with Gasteiger partial charge in [0.05, 0.1) is 0 Å². The minimum Gasteiger partial charge on any atom is -0.398 e. The summed E-state index contributed by atoms with van der Waals surface area (Å²) in [5.41, 5.74) is 6.65. The van der Waals surface area contributed by atoms with Gasteiger partial charge in [-0.3, -0.25) is 9.69 Å². The zero-order valence-electron chi connectivity index (χ0n) is 9.90. The number of amides is 3. The van der Waals surface area contributed by atoms with Crippen molar-refractivity contribution in [3.63, 3.8) is 0 Å². The molecule has 1 aromatic rings. The largest absolute Gasteiger partial charge is 0.398 e. The first-order valence-corrected chi connectivity index (χ1v) is 5.97. The predicted molar refractivity (Wildman–Crippen MR) is 74.7 cm³/mol. The summed E-state index contributed by atoms with van der Waals surface area (Å²) in [4.78, 5) is 26.0. The number of urea groups is 1. The number of nitrogens with zero attached hydrogens (tertiary/aromatic N) is 2. The number of nitrogens with two attached hydrogens (primary N) is 1. The monoisotopic (exact) mass is 347 g/mol. The van der Waals surface area contributed by atoms with Gasteiger partial charge in [-0.2, -0.15) is 0 Å². The van der Waals surface area contributed by atoms with Crippen LogP contribution in [-0.2, 0) is 0 Å². The Kier molecular flexibility index (Phi) is 4.33. The van der Waals surface area contributed by atoms with E-state index in [1.807, 2.05) is 0 Å². The van der Waals surface area contributed by atoms with Crippen LogP contribution in [0.4, 0.5) is 10.5 Å². The van der Waals surface area contributed by atoms with Gasteiger partial charge in [-0.05, 0) is 40.8 Å². The zero-order valence-corrected chi connectivity index (χ0v) is 12.1. The fourth-order valence-corrected chi connectivity index (χ4v) is 1.59. The topological polar surface area (TPSA) is 66.6 Å². The molecule has 17 heavy (non-hydrogen) atoms. The smallest absolute Gasteiger partial charge is 0.326 e. The van der Waals surface area contributed by atoms with E-state index in [2.05, 4.69) is 22.6 Å². The van der Waals surface area contributed by atoms with Crippen molar-refractivity contribution >= 4 is 40.2 Å². The molecule has 0 unspecified atom stereocenters. The van der Waals surface area contributed by atoms with E-state index in [0.29, 0.717) is 11.3 Å². The number of hydrogen-bond donors (Lipinski definition) is 1. The van der Waals surface area contributed by atoms with Gasteiger partial charge in [0.2, 0.25) is 0 Å². The van der Waals surface area contributed by atoms with Crippen LogP contribution in [0.2, 0.25) is 0 Å².